The molecule has 59 heavy (non-hydrogen) atoms. The summed E-state index contributed by atoms with van der Waals surface area (Å²) < 4.78 is 11.1. The third-order valence-corrected chi connectivity index (χ3v) is 10.0. The van der Waals surface area contributed by atoms with E-state index < -0.39 is 0 Å². The van der Waals surface area contributed by atoms with E-state index in [1.807, 2.05) is 116 Å². The van der Waals surface area contributed by atoms with Gasteiger partial charge >= 0.3 is 22.5 Å². The zero-order valence-electron chi connectivity index (χ0n) is 32.1. The third-order valence-electron chi connectivity index (χ3n) is 10.0. The van der Waals surface area contributed by atoms with Crippen molar-refractivity contribution in [2.45, 2.75) is 26.2 Å². The molecule has 10 nitrogen and oxygen atoms in total. The van der Waals surface area contributed by atoms with Crippen LogP contribution >= 0.6 is 0 Å². The SMILES string of the molecule is CCOC(=O)CCCCOc1ccc(-c2c3nc(c(-c4ccncc4)c4ccc([n-]4)c(-c4ccncc4)c4nc(c(-c5ccncc5)c5ccc2[n-]5)C=C4)C=C3)cc1.[Ni+2]. The van der Waals surface area contributed by atoms with Gasteiger partial charge in [-0.1, -0.05) is 36.4 Å². The van der Waals surface area contributed by atoms with E-state index in [0.29, 0.717) is 26.1 Å². The van der Waals surface area contributed by atoms with E-state index in [2.05, 4.69) is 15.0 Å². The van der Waals surface area contributed by atoms with Gasteiger partial charge in [-0.3, -0.25) is 19.7 Å². The van der Waals surface area contributed by atoms with Gasteiger partial charge in [-0.25, -0.2) is 9.97 Å². The molecule has 0 unspecified atom stereocenters. The molecule has 0 amide bonds. The topological polar surface area (TPSA) is 128 Å². The molecule has 0 saturated carbocycles. The molecule has 0 fully saturated rings. The molecule has 0 aliphatic carbocycles. The molecule has 2 aliphatic heterocycles. The predicted molar refractivity (Wildman–Crippen MR) is 228 cm³/mol. The molecular formula is C48H37N7NiO3. The fraction of sp³-hybridized carbons (Fsp3) is 0.125. The van der Waals surface area contributed by atoms with Gasteiger partial charge in [0.25, 0.3) is 0 Å². The minimum atomic E-state index is -0.178. The number of nitrogens with zero attached hydrogens (tertiary/aromatic N) is 7. The Morgan fingerprint density at radius 3 is 1.25 bits per heavy atom. The Balaban J connectivity index is 0.00000484. The van der Waals surface area contributed by atoms with Gasteiger partial charge in [0.1, 0.15) is 5.75 Å². The Labute approximate surface area is 351 Å². The third kappa shape index (κ3) is 8.24. The van der Waals surface area contributed by atoms with Gasteiger partial charge in [0, 0.05) is 43.6 Å². The van der Waals surface area contributed by atoms with E-state index in [0.717, 1.165) is 102 Å². The standard InChI is InChI=1S/C48H37N7O3.Ni/c1-2-57-44(56)5-3-4-30-58-35-8-6-31(7-9-35)45-36-10-12-38(52-36)46(32-18-24-49-25-19-32)40-14-16-42(54-40)48(34-22-28-51-29-23-34)43-17-15-41(55-43)47(33-20-26-50-27-21-33)39-13-11-37(45)53-39;/h6-29H,2-5,30H2,1H3;/q-2;+2. The average Bonchev–Trinajstić information content (AvgIpc) is 4.11. The molecule has 2 aliphatic rings. The van der Waals surface area contributed by atoms with E-state index in [-0.39, 0.29) is 22.5 Å². The van der Waals surface area contributed by atoms with Crippen molar-refractivity contribution in [2.75, 3.05) is 13.2 Å². The van der Waals surface area contributed by atoms with Gasteiger partial charge in [0.05, 0.1) is 36.0 Å². The maximum Gasteiger partial charge on any atom is 2.00 e. The van der Waals surface area contributed by atoms with Crippen molar-refractivity contribution in [1.82, 2.24) is 34.9 Å². The van der Waals surface area contributed by atoms with E-state index in [1.54, 1.807) is 37.2 Å². The van der Waals surface area contributed by atoms with Crippen molar-refractivity contribution >= 4 is 52.3 Å². The number of rotatable bonds is 11. The molecule has 9 rings (SSSR count). The number of hydrogen-bond donors (Lipinski definition) is 0. The quantitative estimate of drug-likeness (QED) is 0.0707. The van der Waals surface area contributed by atoms with Gasteiger partial charge < -0.3 is 19.4 Å². The summed E-state index contributed by atoms with van der Waals surface area (Å²) in [4.78, 5) is 45.8. The van der Waals surface area contributed by atoms with Crippen LogP contribution in [0.1, 0.15) is 49.0 Å². The first-order valence-corrected chi connectivity index (χ1v) is 19.3. The molecule has 7 aromatic rings. The summed E-state index contributed by atoms with van der Waals surface area (Å²) in [7, 11) is 0. The summed E-state index contributed by atoms with van der Waals surface area (Å²) in [6, 6.07) is 28.1. The molecule has 11 heteroatoms. The van der Waals surface area contributed by atoms with Crippen LogP contribution in [0.4, 0.5) is 0 Å². The number of aromatic nitrogens is 7. The molecule has 0 saturated heterocycles. The number of carbonyl (C=O) groups excluding carboxylic acids is 1. The zero-order chi connectivity index (χ0) is 39.3. The molecule has 0 atom stereocenters. The van der Waals surface area contributed by atoms with Crippen LogP contribution in [0.15, 0.2) is 122 Å². The number of hydrogen-bond acceptors (Lipinski definition) is 8. The number of benzene rings is 1. The minimum absolute atomic E-state index is 0. The van der Waals surface area contributed by atoms with Crippen LogP contribution in [0.2, 0.25) is 0 Å². The van der Waals surface area contributed by atoms with Gasteiger partial charge in [0.2, 0.25) is 0 Å². The smallest absolute Gasteiger partial charge is 0.657 e. The first kappa shape index (κ1) is 38.9. The Kier molecular flexibility index (Phi) is 11.6. The molecule has 8 heterocycles. The summed E-state index contributed by atoms with van der Waals surface area (Å²) in [5.74, 6) is 0.560. The van der Waals surface area contributed by atoms with E-state index in [1.165, 1.54) is 0 Å². The second-order valence-electron chi connectivity index (χ2n) is 13.7. The second kappa shape index (κ2) is 17.7. The van der Waals surface area contributed by atoms with Crippen LogP contribution in [0.5, 0.6) is 5.75 Å². The van der Waals surface area contributed by atoms with E-state index >= 15 is 0 Å². The average molecular weight is 819 g/mol. The van der Waals surface area contributed by atoms with E-state index in [9.17, 15) is 4.79 Å². The number of unbranched alkanes of at least 4 members (excludes halogenated alkanes) is 1. The van der Waals surface area contributed by atoms with Crippen molar-refractivity contribution in [2.24, 2.45) is 0 Å². The van der Waals surface area contributed by atoms with Crippen molar-refractivity contribution in [3.8, 4) is 50.3 Å². The maximum atomic E-state index is 11.7. The normalized spacial score (nSPS) is 11.6. The number of ether oxygens (including phenoxy) is 2. The summed E-state index contributed by atoms with van der Waals surface area (Å²) in [6.45, 7) is 2.70. The van der Waals surface area contributed by atoms with Gasteiger partial charge in [-0.15, -0.1) is 22.1 Å². The molecule has 6 aromatic heterocycles. The van der Waals surface area contributed by atoms with Crippen LogP contribution in [0.3, 0.4) is 0 Å². The summed E-state index contributed by atoms with van der Waals surface area (Å²) in [6.07, 6.45) is 20.7. The molecule has 0 radical (unpaired) electrons. The number of pyridine rings is 3. The molecule has 292 valence electrons. The summed E-state index contributed by atoms with van der Waals surface area (Å²) in [5.41, 5.74) is 13.5. The molecule has 0 spiro atoms. The predicted octanol–water partition coefficient (Wildman–Crippen LogP) is 9.88. The summed E-state index contributed by atoms with van der Waals surface area (Å²) >= 11 is 0. The number of carbonyl (C=O) groups is 1. The van der Waals surface area contributed by atoms with Crippen molar-refractivity contribution in [3.63, 3.8) is 0 Å². The van der Waals surface area contributed by atoms with Crippen LogP contribution in [0.25, 0.3) is 90.9 Å². The summed E-state index contributed by atoms with van der Waals surface area (Å²) in [5, 5.41) is 0. The number of esters is 1. The van der Waals surface area contributed by atoms with Gasteiger partial charge in [-0.2, -0.15) is 0 Å². The Morgan fingerprint density at radius 2 is 0.881 bits per heavy atom. The van der Waals surface area contributed by atoms with Crippen LogP contribution in [0, 0.1) is 0 Å². The van der Waals surface area contributed by atoms with Crippen molar-refractivity contribution < 1.29 is 30.8 Å². The second-order valence-corrected chi connectivity index (χ2v) is 13.7. The first-order valence-electron chi connectivity index (χ1n) is 19.3. The van der Waals surface area contributed by atoms with Crippen molar-refractivity contribution in [3.05, 3.63) is 145 Å². The van der Waals surface area contributed by atoms with Crippen molar-refractivity contribution in [1.29, 1.82) is 0 Å². The largest absolute Gasteiger partial charge is 2.00 e. The minimum Gasteiger partial charge on any atom is -0.657 e. The molecule has 8 bridgehead atoms. The first-order chi connectivity index (χ1) is 28.6. The number of fused-ring (bicyclic) bond motifs is 8. The van der Waals surface area contributed by atoms with Gasteiger partial charge in [0.15, 0.2) is 0 Å². The Hall–Kier alpha value is -6.97. The monoisotopic (exact) mass is 817 g/mol. The zero-order valence-corrected chi connectivity index (χ0v) is 33.1. The fourth-order valence-corrected chi connectivity index (χ4v) is 7.34. The van der Waals surface area contributed by atoms with Crippen LogP contribution in [-0.4, -0.2) is 44.1 Å². The fourth-order valence-electron chi connectivity index (χ4n) is 7.34. The Bertz CT molecular complexity index is 2800. The Morgan fingerprint density at radius 1 is 0.508 bits per heavy atom. The molecule has 0 N–H and O–H groups in total. The van der Waals surface area contributed by atoms with E-state index in [4.69, 9.17) is 29.4 Å². The van der Waals surface area contributed by atoms with Crippen LogP contribution < -0.4 is 14.7 Å². The maximum absolute atomic E-state index is 11.7. The molecular weight excluding hydrogens is 781 g/mol. The molecule has 1 aromatic carbocycles. The van der Waals surface area contributed by atoms with Crippen LogP contribution in [-0.2, 0) is 26.0 Å². The van der Waals surface area contributed by atoms with Gasteiger partial charge in [-0.05, 0) is 137 Å².